The van der Waals surface area contributed by atoms with Crippen LogP contribution in [0.5, 0.6) is 0 Å². The molecule has 0 N–H and O–H groups in total. The third-order valence-corrected chi connectivity index (χ3v) is 22.1. The molecule has 1 rings (SSSR count). The molecule has 0 aliphatic carbocycles. The predicted octanol–water partition coefficient (Wildman–Crippen LogP) is 3.67. The quantitative estimate of drug-likeness (QED) is 0.226. The number of ether oxygens (including phenoxy) is 2. The van der Waals surface area contributed by atoms with E-state index in [9.17, 15) is 9.59 Å². The van der Waals surface area contributed by atoms with Crippen molar-refractivity contribution in [2.45, 2.75) is 62.8 Å². The van der Waals surface area contributed by atoms with Crippen molar-refractivity contribution in [1.29, 1.82) is 0 Å². The second-order valence-corrected chi connectivity index (χ2v) is 18.7. The first-order valence-electron chi connectivity index (χ1n) is 9.59. The van der Waals surface area contributed by atoms with E-state index in [4.69, 9.17) is 9.47 Å². The van der Waals surface area contributed by atoms with Crippen LogP contribution in [-0.2, 0) is 19.1 Å². The molecule has 0 saturated carbocycles. The van der Waals surface area contributed by atoms with Crippen molar-refractivity contribution in [2.24, 2.45) is 0 Å². The van der Waals surface area contributed by atoms with Crippen LogP contribution in [0.3, 0.4) is 0 Å². The molecule has 0 spiro atoms. The molecule has 0 aromatic rings. The first kappa shape index (κ1) is 24.2. The molecule has 1 aliphatic heterocycles. The number of carbonyl (C=O) groups is 2. The minimum absolute atomic E-state index is 0.0413. The number of hydrogen-bond donors (Lipinski definition) is 0. The van der Waals surface area contributed by atoms with Crippen LogP contribution in [0.1, 0.15) is 59.3 Å². The zero-order valence-electron chi connectivity index (χ0n) is 16.8. The Hall–Kier alpha value is 0.149. The van der Waals surface area contributed by atoms with Gasteiger partial charge in [-0.2, -0.15) is 0 Å². The zero-order valence-corrected chi connectivity index (χ0v) is 21.2. The Morgan fingerprint density at radius 2 is 1.15 bits per heavy atom. The van der Waals surface area contributed by atoms with Gasteiger partial charge in [0.25, 0.3) is 0 Å². The van der Waals surface area contributed by atoms with Gasteiger partial charge in [0.1, 0.15) is 0 Å². The van der Waals surface area contributed by atoms with Gasteiger partial charge in [0.15, 0.2) is 0 Å². The molecule has 0 saturated heterocycles. The molecule has 0 atom stereocenters. The Morgan fingerprint density at radius 1 is 0.808 bits per heavy atom. The van der Waals surface area contributed by atoms with E-state index in [1.165, 1.54) is 71.2 Å². The van der Waals surface area contributed by atoms with E-state index in [0.29, 0.717) is 12.4 Å². The predicted molar refractivity (Wildman–Crippen MR) is 113 cm³/mol. The molecule has 0 radical (unpaired) electrons. The third kappa shape index (κ3) is 6.35. The van der Waals surface area contributed by atoms with Gasteiger partial charge in [-0.05, 0) is 0 Å². The first-order chi connectivity index (χ1) is 12.5. The summed E-state index contributed by atoms with van der Waals surface area (Å²) in [5.74, 6) is -0.622. The van der Waals surface area contributed by atoms with Crippen molar-refractivity contribution < 1.29 is 19.1 Å². The molecule has 1 aliphatic rings. The Bertz CT molecular complexity index is 458. The van der Waals surface area contributed by atoms with E-state index >= 15 is 0 Å². The SMILES string of the molecule is CCCC[P+](CCCC)(CCCC)C1[Se]C(C(=O)OC)=C(C(=O)OC)[Se]1. The van der Waals surface area contributed by atoms with E-state index in [-0.39, 0.29) is 41.9 Å². The molecule has 0 bridgehead atoms. The molecular weight excluding hydrogens is 481 g/mol. The monoisotopic (exact) mass is 517 g/mol. The van der Waals surface area contributed by atoms with Gasteiger partial charge >= 0.3 is 173 Å². The van der Waals surface area contributed by atoms with Crippen molar-refractivity contribution >= 4 is 49.1 Å². The van der Waals surface area contributed by atoms with Crippen molar-refractivity contribution in [3.05, 3.63) is 8.94 Å². The number of methoxy groups -OCH3 is 2. The molecule has 1 heterocycles. The van der Waals surface area contributed by atoms with Gasteiger partial charge in [0.05, 0.1) is 0 Å². The van der Waals surface area contributed by atoms with Crippen molar-refractivity contribution in [2.75, 3.05) is 32.7 Å². The molecule has 0 amide bonds. The summed E-state index contributed by atoms with van der Waals surface area (Å²) < 4.78 is 11.9. The fourth-order valence-corrected chi connectivity index (χ4v) is 21.7. The standard InChI is InChI=1S/C19H34O4PSe2/c1-6-9-12-24(13-10-7-2,14-11-8-3)19-25-15(17(20)22-4)16(26-19)18(21)23-5/h19H,6-14H2,1-5H3/q+1. The van der Waals surface area contributed by atoms with Crippen LogP contribution in [0.25, 0.3) is 0 Å². The van der Waals surface area contributed by atoms with E-state index < -0.39 is 7.26 Å². The number of hydrogen-bond acceptors (Lipinski definition) is 4. The van der Waals surface area contributed by atoms with E-state index in [1.807, 2.05) is 0 Å². The summed E-state index contributed by atoms with van der Waals surface area (Å²) in [6.07, 6.45) is 11.4. The summed E-state index contributed by atoms with van der Waals surface area (Å²) in [5, 5.41) is 0. The van der Waals surface area contributed by atoms with E-state index in [2.05, 4.69) is 20.8 Å². The van der Waals surface area contributed by atoms with Crippen LogP contribution in [-0.4, -0.2) is 78.0 Å². The van der Waals surface area contributed by atoms with Crippen molar-refractivity contribution in [3.8, 4) is 0 Å². The fraction of sp³-hybridized carbons (Fsp3) is 0.789. The summed E-state index contributed by atoms with van der Waals surface area (Å²) >= 11 is 0.0826. The molecular formula is C19H34O4PSe2+. The summed E-state index contributed by atoms with van der Waals surface area (Å²) in [6.45, 7) is 6.78. The van der Waals surface area contributed by atoms with Crippen molar-refractivity contribution in [3.63, 3.8) is 0 Å². The number of unbranched alkanes of at least 4 members (excludes halogenated alkanes) is 3. The van der Waals surface area contributed by atoms with Crippen LogP contribution in [0.4, 0.5) is 0 Å². The van der Waals surface area contributed by atoms with Crippen LogP contribution in [0, 0.1) is 0 Å². The van der Waals surface area contributed by atoms with Crippen LogP contribution in [0.2, 0.25) is 0 Å². The summed E-state index contributed by atoms with van der Waals surface area (Å²) in [5.41, 5.74) is 0. The van der Waals surface area contributed by atoms with Crippen LogP contribution >= 0.6 is 7.26 Å². The van der Waals surface area contributed by atoms with Gasteiger partial charge in [-0.1, -0.05) is 0 Å². The summed E-state index contributed by atoms with van der Waals surface area (Å²) in [7, 11) is 1.65. The molecule has 7 heteroatoms. The third-order valence-electron chi connectivity index (χ3n) is 4.70. The average Bonchev–Trinajstić information content (AvgIpc) is 3.12. The Labute approximate surface area is 172 Å². The number of carbonyl (C=O) groups excluding carboxylic acids is 2. The second kappa shape index (κ2) is 12.6. The molecule has 0 aromatic carbocycles. The number of esters is 2. The first-order valence-corrected chi connectivity index (χ1v) is 15.7. The summed E-state index contributed by atoms with van der Waals surface area (Å²) in [4.78, 5) is 24.6. The molecule has 150 valence electrons. The van der Waals surface area contributed by atoms with Gasteiger partial charge in [0, 0.05) is 0 Å². The Morgan fingerprint density at radius 3 is 1.42 bits per heavy atom. The van der Waals surface area contributed by atoms with Crippen LogP contribution < -0.4 is 0 Å². The summed E-state index contributed by atoms with van der Waals surface area (Å²) in [6, 6.07) is 0. The minimum atomic E-state index is -1.17. The molecule has 4 nitrogen and oxygen atoms in total. The topological polar surface area (TPSA) is 52.6 Å². The van der Waals surface area contributed by atoms with Gasteiger partial charge in [-0.25, -0.2) is 0 Å². The zero-order chi connectivity index (χ0) is 19.6. The average molecular weight is 515 g/mol. The Balaban J connectivity index is 3.16. The maximum absolute atomic E-state index is 12.3. The van der Waals surface area contributed by atoms with Crippen LogP contribution in [0.15, 0.2) is 8.94 Å². The molecule has 0 unspecified atom stereocenters. The normalized spacial score (nSPS) is 15.4. The Kier molecular flexibility index (Phi) is 11.7. The van der Waals surface area contributed by atoms with Crippen molar-refractivity contribution in [1.82, 2.24) is 0 Å². The van der Waals surface area contributed by atoms with E-state index in [1.54, 1.807) is 0 Å². The van der Waals surface area contributed by atoms with Gasteiger partial charge in [-0.15, -0.1) is 0 Å². The van der Waals surface area contributed by atoms with Gasteiger partial charge < -0.3 is 0 Å². The number of rotatable bonds is 12. The molecule has 0 aromatic heterocycles. The van der Waals surface area contributed by atoms with E-state index in [0.717, 1.165) is 0 Å². The van der Waals surface area contributed by atoms with Gasteiger partial charge in [0.2, 0.25) is 0 Å². The molecule has 0 fully saturated rings. The fourth-order valence-electron chi connectivity index (χ4n) is 3.09. The molecule has 26 heavy (non-hydrogen) atoms. The van der Waals surface area contributed by atoms with Gasteiger partial charge in [-0.3, -0.25) is 0 Å². The second-order valence-electron chi connectivity index (χ2n) is 6.63. The maximum atomic E-state index is 12.3.